The van der Waals surface area contributed by atoms with Crippen molar-refractivity contribution in [1.82, 2.24) is 0 Å². The molecule has 19 heavy (non-hydrogen) atoms. The molecule has 0 bridgehead atoms. The maximum atomic E-state index is 9.36. The number of hydrogen-bond acceptors (Lipinski definition) is 2. The van der Waals surface area contributed by atoms with Gasteiger partial charge in [0.05, 0.1) is 6.07 Å². The number of aryl methyl sites for hydroxylation is 2. The molecule has 0 heterocycles. The number of para-hydroxylation sites is 1. The van der Waals surface area contributed by atoms with Crippen molar-refractivity contribution in [3.63, 3.8) is 0 Å². The van der Waals surface area contributed by atoms with E-state index in [-0.39, 0.29) is 6.04 Å². The van der Waals surface area contributed by atoms with Gasteiger partial charge < -0.3 is 5.32 Å². The summed E-state index contributed by atoms with van der Waals surface area (Å²) in [6.07, 6.45) is 0. The second-order valence-corrected chi connectivity index (χ2v) is 5.38. The number of hydrogen-bond donors (Lipinski definition) is 1. The van der Waals surface area contributed by atoms with Crippen molar-refractivity contribution in [1.29, 1.82) is 5.26 Å². The highest BCUT2D eigenvalue weighted by atomic mass is 79.9. The Hall–Kier alpha value is -1.79. The van der Waals surface area contributed by atoms with Gasteiger partial charge in [0.15, 0.2) is 0 Å². The average Bonchev–Trinajstić information content (AvgIpc) is 2.41. The molecule has 2 rings (SSSR count). The number of anilines is 1. The Morgan fingerprint density at radius 3 is 2.47 bits per heavy atom. The summed E-state index contributed by atoms with van der Waals surface area (Å²) < 4.78 is 0.957. The normalized spacial score (nSPS) is 11.7. The van der Waals surface area contributed by atoms with E-state index >= 15 is 0 Å². The molecular weight excluding hydrogens is 300 g/mol. The Morgan fingerprint density at radius 1 is 1.11 bits per heavy atom. The summed E-state index contributed by atoms with van der Waals surface area (Å²) in [5.41, 5.74) is 4.35. The molecule has 0 aliphatic heterocycles. The van der Waals surface area contributed by atoms with Gasteiger partial charge in [-0.15, -0.1) is 0 Å². The lowest BCUT2D eigenvalue weighted by molar-refractivity contribution is 0.990. The van der Waals surface area contributed by atoms with Gasteiger partial charge in [0, 0.05) is 10.2 Å². The van der Waals surface area contributed by atoms with E-state index in [1.54, 1.807) is 0 Å². The fourth-order valence-corrected chi connectivity index (χ4v) is 2.27. The summed E-state index contributed by atoms with van der Waals surface area (Å²) in [5, 5.41) is 12.6. The lowest BCUT2D eigenvalue weighted by atomic mass is 10.0. The predicted octanol–water partition coefficient (Wildman–Crippen LogP) is 4.74. The van der Waals surface area contributed by atoms with Crippen LogP contribution in [0.1, 0.15) is 22.7 Å². The average molecular weight is 315 g/mol. The lowest BCUT2D eigenvalue weighted by Crippen LogP contribution is -2.09. The van der Waals surface area contributed by atoms with Gasteiger partial charge in [-0.3, -0.25) is 0 Å². The first kappa shape index (κ1) is 13.6. The van der Waals surface area contributed by atoms with Crippen LogP contribution in [0.3, 0.4) is 0 Å². The highest BCUT2D eigenvalue weighted by Gasteiger charge is 2.12. The summed E-state index contributed by atoms with van der Waals surface area (Å²) in [4.78, 5) is 0. The van der Waals surface area contributed by atoms with Crippen LogP contribution < -0.4 is 5.32 Å². The summed E-state index contributed by atoms with van der Waals surface area (Å²) in [6, 6.07) is 15.9. The van der Waals surface area contributed by atoms with Crippen LogP contribution in [0.2, 0.25) is 0 Å². The molecule has 0 saturated carbocycles. The number of nitriles is 1. The molecule has 2 nitrogen and oxygen atoms in total. The monoisotopic (exact) mass is 314 g/mol. The van der Waals surface area contributed by atoms with E-state index in [1.807, 2.05) is 30.3 Å². The van der Waals surface area contributed by atoms with Crippen LogP contribution in [-0.4, -0.2) is 0 Å². The molecule has 0 aliphatic carbocycles. The SMILES string of the molecule is Cc1ccc(C(C#N)Nc2ccccc2Br)cc1C. The molecule has 0 saturated heterocycles. The number of halogens is 1. The topological polar surface area (TPSA) is 35.8 Å². The Bertz CT molecular complexity index is 629. The van der Waals surface area contributed by atoms with Gasteiger partial charge in [0.25, 0.3) is 0 Å². The van der Waals surface area contributed by atoms with Crippen LogP contribution in [0, 0.1) is 25.2 Å². The third-order valence-electron chi connectivity index (χ3n) is 3.17. The minimum absolute atomic E-state index is 0.349. The molecule has 96 valence electrons. The second-order valence-electron chi connectivity index (χ2n) is 4.53. The maximum absolute atomic E-state index is 9.36. The van der Waals surface area contributed by atoms with E-state index in [0.717, 1.165) is 15.7 Å². The van der Waals surface area contributed by atoms with Crippen LogP contribution in [0.5, 0.6) is 0 Å². The molecule has 2 aromatic carbocycles. The molecular formula is C16H15BrN2. The molecule has 0 aliphatic rings. The van der Waals surface area contributed by atoms with Gasteiger partial charge in [-0.25, -0.2) is 0 Å². The smallest absolute Gasteiger partial charge is 0.140 e. The fourth-order valence-electron chi connectivity index (χ4n) is 1.87. The molecule has 2 aromatic rings. The zero-order chi connectivity index (χ0) is 13.8. The first-order chi connectivity index (χ1) is 9.11. The number of nitrogens with zero attached hydrogens (tertiary/aromatic N) is 1. The summed E-state index contributed by atoms with van der Waals surface area (Å²) in [5.74, 6) is 0. The van der Waals surface area contributed by atoms with Gasteiger partial charge in [-0.2, -0.15) is 5.26 Å². The highest BCUT2D eigenvalue weighted by molar-refractivity contribution is 9.10. The second kappa shape index (κ2) is 5.90. The lowest BCUT2D eigenvalue weighted by Gasteiger charge is -2.15. The van der Waals surface area contributed by atoms with E-state index < -0.39 is 0 Å². The molecule has 3 heteroatoms. The van der Waals surface area contributed by atoms with Gasteiger partial charge in [0.1, 0.15) is 6.04 Å². The number of rotatable bonds is 3. The molecule has 1 unspecified atom stereocenters. The number of benzene rings is 2. The Labute approximate surface area is 122 Å². The highest BCUT2D eigenvalue weighted by Crippen LogP contribution is 2.26. The van der Waals surface area contributed by atoms with Gasteiger partial charge in [0.2, 0.25) is 0 Å². The minimum Gasteiger partial charge on any atom is -0.365 e. The van der Waals surface area contributed by atoms with E-state index in [2.05, 4.69) is 53.3 Å². The molecule has 0 amide bonds. The van der Waals surface area contributed by atoms with Crippen molar-refractivity contribution in [2.45, 2.75) is 19.9 Å². The summed E-state index contributed by atoms with van der Waals surface area (Å²) >= 11 is 3.48. The van der Waals surface area contributed by atoms with Crippen molar-refractivity contribution in [3.05, 3.63) is 63.6 Å². The van der Waals surface area contributed by atoms with Gasteiger partial charge in [-0.05, 0) is 58.6 Å². The quantitative estimate of drug-likeness (QED) is 0.888. The van der Waals surface area contributed by atoms with Crippen molar-refractivity contribution < 1.29 is 0 Å². The Morgan fingerprint density at radius 2 is 1.84 bits per heavy atom. The third-order valence-corrected chi connectivity index (χ3v) is 3.86. The summed E-state index contributed by atoms with van der Waals surface area (Å²) in [7, 11) is 0. The largest absolute Gasteiger partial charge is 0.365 e. The molecule has 1 N–H and O–H groups in total. The van der Waals surface area contributed by atoms with Crippen molar-refractivity contribution in [2.24, 2.45) is 0 Å². The van der Waals surface area contributed by atoms with E-state index in [0.29, 0.717) is 0 Å². The van der Waals surface area contributed by atoms with Crippen molar-refractivity contribution in [3.8, 4) is 6.07 Å². The summed E-state index contributed by atoms with van der Waals surface area (Å²) in [6.45, 7) is 4.13. The fraction of sp³-hybridized carbons (Fsp3) is 0.188. The van der Waals surface area contributed by atoms with Crippen molar-refractivity contribution >= 4 is 21.6 Å². The Kier molecular flexibility index (Phi) is 4.24. The van der Waals surface area contributed by atoms with Crippen LogP contribution in [0.15, 0.2) is 46.9 Å². The molecule has 0 fully saturated rings. The molecule has 0 aromatic heterocycles. The van der Waals surface area contributed by atoms with Crippen LogP contribution >= 0.6 is 15.9 Å². The van der Waals surface area contributed by atoms with Crippen LogP contribution in [0.25, 0.3) is 0 Å². The van der Waals surface area contributed by atoms with Crippen LogP contribution in [-0.2, 0) is 0 Å². The molecule has 0 spiro atoms. The van der Waals surface area contributed by atoms with E-state index in [1.165, 1.54) is 11.1 Å². The molecule has 0 radical (unpaired) electrons. The zero-order valence-corrected chi connectivity index (χ0v) is 12.5. The first-order valence-corrected chi connectivity index (χ1v) is 6.89. The molecule has 1 atom stereocenters. The maximum Gasteiger partial charge on any atom is 0.140 e. The van der Waals surface area contributed by atoms with Gasteiger partial charge >= 0.3 is 0 Å². The minimum atomic E-state index is -0.349. The third kappa shape index (κ3) is 3.15. The standard InChI is InChI=1S/C16H15BrN2/c1-11-7-8-13(9-12(11)2)16(10-18)19-15-6-4-3-5-14(15)17/h3-9,16,19H,1-2H3. The van der Waals surface area contributed by atoms with Crippen LogP contribution in [0.4, 0.5) is 5.69 Å². The predicted molar refractivity (Wildman–Crippen MR) is 82.0 cm³/mol. The zero-order valence-electron chi connectivity index (χ0n) is 10.9. The Balaban J connectivity index is 2.28. The van der Waals surface area contributed by atoms with E-state index in [4.69, 9.17) is 0 Å². The first-order valence-electron chi connectivity index (χ1n) is 6.09. The number of nitrogens with one attached hydrogen (secondary N) is 1. The van der Waals surface area contributed by atoms with E-state index in [9.17, 15) is 5.26 Å². The van der Waals surface area contributed by atoms with Crippen molar-refractivity contribution in [2.75, 3.05) is 5.32 Å². The van der Waals surface area contributed by atoms with Gasteiger partial charge in [-0.1, -0.05) is 30.3 Å².